The molecule has 2 heteroatoms. The molecule has 14 heavy (non-hydrogen) atoms. The number of halogens is 1. The topological polar surface area (TPSA) is 4.93 Å². The first-order valence-corrected chi connectivity index (χ1v) is 5.43. The van der Waals surface area contributed by atoms with Gasteiger partial charge in [0.15, 0.2) is 0 Å². The van der Waals surface area contributed by atoms with Gasteiger partial charge in [-0.1, -0.05) is 29.8 Å². The predicted octanol–water partition coefficient (Wildman–Crippen LogP) is 3.55. The summed E-state index contributed by atoms with van der Waals surface area (Å²) in [5.41, 5.74) is 4.03. The molecule has 0 atom stereocenters. The highest BCUT2D eigenvalue weighted by Crippen LogP contribution is 2.35. The van der Waals surface area contributed by atoms with Crippen LogP contribution in [0.3, 0.4) is 0 Å². The van der Waals surface area contributed by atoms with Gasteiger partial charge in [-0.3, -0.25) is 0 Å². The largest absolute Gasteiger partial charge is 0.343 e. The zero-order valence-corrected chi connectivity index (χ0v) is 8.93. The quantitative estimate of drug-likeness (QED) is 0.620. The molecule has 0 saturated carbocycles. The fourth-order valence-corrected chi connectivity index (χ4v) is 2.73. The van der Waals surface area contributed by atoms with Crippen molar-refractivity contribution in [3.8, 4) is 0 Å². The van der Waals surface area contributed by atoms with Crippen molar-refractivity contribution in [2.45, 2.75) is 26.3 Å². The zero-order chi connectivity index (χ0) is 9.71. The summed E-state index contributed by atoms with van der Waals surface area (Å²) < 4.78 is 2.36. The number of aromatic nitrogens is 1. The number of rotatable bonds is 0. The summed E-state index contributed by atoms with van der Waals surface area (Å²) in [6, 6.07) is 6.45. The first-order chi connectivity index (χ1) is 6.79. The minimum Gasteiger partial charge on any atom is -0.343 e. The van der Waals surface area contributed by atoms with E-state index in [9.17, 15) is 0 Å². The third-order valence-electron chi connectivity index (χ3n) is 3.18. The summed E-state index contributed by atoms with van der Waals surface area (Å²) in [5.74, 6) is 0. The normalized spacial score (nSPS) is 15.0. The lowest BCUT2D eigenvalue weighted by Crippen LogP contribution is -2.08. The van der Waals surface area contributed by atoms with Gasteiger partial charge in [-0.2, -0.15) is 0 Å². The molecule has 0 amide bonds. The van der Waals surface area contributed by atoms with Gasteiger partial charge in [0.25, 0.3) is 0 Å². The lowest BCUT2D eigenvalue weighted by atomic mass is 10.0. The Hall–Kier alpha value is -0.950. The molecular weight excluding hydrogens is 194 g/mol. The average molecular weight is 206 g/mol. The van der Waals surface area contributed by atoms with Gasteiger partial charge in [0, 0.05) is 17.6 Å². The van der Waals surface area contributed by atoms with Crippen LogP contribution in [0.5, 0.6) is 0 Å². The van der Waals surface area contributed by atoms with E-state index in [4.69, 9.17) is 11.6 Å². The number of nitrogens with zero attached hydrogens (tertiary/aromatic N) is 1. The second-order valence-corrected chi connectivity index (χ2v) is 4.35. The maximum absolute atomic E-state index is 6.30. The maximum atomic E-state index is 6.30. The summed E-state index contributed by atoms with van der Waals surface area (Å²) in [5, 5.41) is 2.16. The fourth-order valence-electron chi connectivity index (χ4n) is 2.48. The summed E-state index contributed by atoms with van der Waals surface area (Å²) in [6.45, 7) is 3.23. The van der Waals surface area contributed by atoms with E-state index in [-0.39, 0.29) is 0 Å². The molecule has 1 aliphatic heterocycles. The number of hydrogen-bond acceptors (Lipinski definition) is 0. The summed E-state index contributed by atoms with van der Waals surface area (Å²) >= 11 is 6.30. The summed E-state index contributed by atoms with van der Waals surface area (Å²) in [7, 11) is 0. The van der Waals surface area contributed by atoms with E-state index in [2.05, 4.69) is 29.7 Å². The van der Waals surface area contributed by atoms with Crippen molar-refractivity contribution in [1.82, 2.24) is 4.57 Å². The standard InChI is InChI=1S/C12H12ClN/c1-8-11(13)10-6-2-4-9-5-3-7-14(8)12(9)10/h2,4,6H,3,5,7H2,1H3. The molecule has 0 N–H and O–H groups in total. The Balaban J connectivity index is 2.54. The molecule has 0 spiro atoms. The lowest BCUT2D eigenvalue weighted by Gasteiger charge is -2.16. The van der Waals surface area contributed by atoms with Gasteiger partial charge in [0.1, 0.15) is 0 Å². The second-order valence-electron chi connectivity index (χ2n) is 3.97. The Labute approximate surface area is 88.3 Å². The van der Waals surface area contributed by atoms with Crippen molar-refractivity contribution in [1.29, 1.82) is 0 Å². The Kier molecular flexibility index (Phi) is 1.65. The number of aryl methyl sites for hydroxylation is 2. The second kappa shape index (κ2) is 2.77. The minimum absolute atomic E-state index is 0.934. The summed E-state index contributed by atoms with van der Waals surface area (Å²) in [6.07, 6.45) is 2.43. The summed E-state index contributed by atoms with van der Waals surface area (Å²) in [4.78, 5) is 0. The Morgan fingerprint density at radius 3 is 3.07 bits per heavy atom. The third-order valence-corrected chi connectivity index (χ3v) is 3.65. The molecule has 0 aliphatic carbocycles. The van der Waals surface area contributed by atoms with Crippen LogP contribution in [0.2, 0.25) is 5.02 Å². The van der Waals surface area contributed by atoms with Crippen LogP contribution in [0.1, 0.15) is 17.7 Å². The average Bonchev–Trinajstić information content (AvgIpc) is 2.47. The van der Waals surface area contributed by atoms with Crippen LogP contribution in [-0.2, 0) is 13.0 Å². The molecule has 1 aliphatic rings. The van der Waals surface area contributed by atoms with E-state index in [0.29, 0.717) is 0 Å². The van der Waals surface area contributed by atoms with Gasteiger partial charge in [-0.15, -0.1) is 0 Å². The van der Waals surface area contributed by atoms with Gasteiger partial charge in [0.05, 0.1) is 10.5 Å². The molecule has 0 radical (unpaired) electrons. The van der Waals surface area contributed by atoms with Crippen molar-refractivity contribution in [3.05, 3.63) is 34.5 Å². The molecule has 0 saturated heterocycles. The Morgan fingerprint density at radius 1 is 1.36 bits per heavy atom. The maximum Gasteiger partial charge on any atom is 0.0691 e. The van der Waals surface area contributed by atoms with Crippen molar-refractivity contribution >= 4 is 22.5 Å². The molecule has 0 fully saturated rings. The molecule has 3 rings (SSSR count). The monoisotopic (exact) mass is 205 g/mol. The van der Waals surface area contributed by atoms with Gasteiger partial charge in [-0.05, 0) is 25.3 Å². The van der Waals surface area contributed by atoms with E-state index in [1.54, 1.807) is 0 Å². The highest BCUT2D eigenvalue weighted by Gasteiger charge is 2.17. The van der Waals surface area contributed by atoms with Crippen molar-refractivity contribution < 1.29 is 0 Å². The third kappa shape index (κ3) is 0.908. The number of para-hydroxylation sites is 1. The van der Waals surface area contributed by atoms with Gasteiger partial charge < -0.3 is 4.57 Å². The molecule has 0 unspecified atom stereocenters. The molecule has 0 bridgehead atoms. The molecule has 2 heterocycles. The van der Waals surface area contributed by atoms with Gasteiger partial charge >= 0.3 is 0 Å². The minimum atomic E-state index is 0.934. The van der Waals surface area contributed by atoms with Crippen LogP contribution in [-0.4, -0.2) is 4.57 Å². The first-order valence-electron chi connectivity index (χ1n) is 5.05. The van der Waals surface area contributed by atoms with Gasteiger partial charge in [-0.25, -0.2) is 0 Å². The van der Waals surface area contributed by atoms with E-state index in [0.717, 1.165) is 11.6 Å². The number of hydrogen-bond donors (Lipinski definition) is 0. The first kappa shape index (κ1) is 8.37. The Bertz CT molecular complexity index is 511. The van der Waals surface area contributed by atoms with Crippen LogP contribution in [0.4, 0.5) is 0 Å². The molecule has 2 aromatic rings. The molecule has 1 aromatic heterocycles. The highest BCUT2D eigenvalue weighted by molar-refractivity contribution is 6.36. The van der Waals surface area contributed by atoms with Crippen LogP contribution < -0.4 is 0 Å². The zero-order valence-electron chi connectivity index (χ0n) is 8.18. The fraction of sp³-hybridized carbons (Fsp3) is 0.333. The molecule has 1 nitrogen and oxygen atoms in total. The van der Waals surface area contributed by atoms with Crippen LogP contribution in [0.25, 0.3) is 10.9 Å². The lowest BCUT2D eigenvalue weighted by molar-refractivity contribution is 0.623. The SMILES string of the molecule is Cc1c(Cl)c2cccc3c2n1CCC3. The highest BCUT2D eigenvalue weighted by atomic mass is 35.5. The van der Waals surface area contributed by atoms with Crippen molar-refractivity contribution in [2.24, 2.45) is 0 Å². The van der Waals surface area contributed by atoms with Crippen molar-refractivity contribution in [2.75, 3.05) is 0 Å². The van der Waals surface area contributed by atoms with E-state index >= 15 is 0 Å². The van der Waals surface area contributed by atoms with Gasteiger partial charge in [0.2, 0.25) is 0 Å². The predicted molar refractivity (Wildman–Crippen MR) is 60.0 cm³/mol. The number of benzene rings is 1. The van der Waals surface area contributed by atoms with E-state index in [1.165, 1.54) is 35.0 Å². The van der Waals surface area contributed by atoms with Crippen LogP contribution >= 0.6 is 11.6 Å². The van der Waals surface area contributed by atoms with E-state index in [1.807, 2.05) is 0 Å². The van der Waals surface area contributed by atoms with Crippen LogP contribution in [0, 0.1) is 6.92 Å². The molecular formula is C12H12ClN. The van der Waals surface area contributed by atoms with Crippen LogP contribution in [0.15, 0.2) is 18.2 Å². The molecule has 1 aromatic carbocycles. The molecule has 72 valence electrons. The smallest absolute Gasteiger partial charge is 0.0691 e. The Morgan fingerprint density at radius 2 is 2.21 bits per heavy atom. The van der Waals surface area contributed by atoms with E-state index < -0.39 is 0 Å². The van der Waals surface area contributed by atoms with Crippen molar-refractivity contribution in [3.63, 3.8) is 0 Å².